The van der Waals surface area contributed by atoms with Crippen LogP contribution in [0.5, 0.6) is 0 Å². The van der Waals surface area contributed by atoms with E-state index in [0.29, 0.717) is 12.1 Å². The van der Waals surface area contributed by atoms with Crippen LogP contribution in [0.4, 0.5) is 0 Å². The Kier molecular flexibility index (Phi) is 7.34. The van der Waals surface area contributed by atoms with E-state index in [9.17, 15) is 9.59 Å². The Labute approximate surface area is 162 Å². The summed E-state index contributed by atoms with van der Waals surface area (Å²) in [5.41, 5.74) is 2.94. The van der Waals surface area contributed by atoms with Crippen molar-refractivity contribution in [3.05, 3.63) is 63.3 Å². The van der Waals surface area contributed by atoms with Crippen LogP contribution in [0.3, 0.4) is 0 Å². The standard InChI is InChI=1S/C22H31N3O2/c1-6-9-19-21(20(26)14-17(5)24(19)8-3)22(27)25(16(4)7-2)15-18-10-12-23-13-11-18/h10-14,16H,6-9,15H2,1-5H3. The molecule has 5 nitrogen and oxygen atoms in total. The second-order valence-electron chi connectivity index (χ2n) is 7.01. The van der Waals surface area contributed by atoms with Gasteiger partial charge in [0.25, 0.3) is 5.91 Å². The van der Waals surface area contributed by atoms with E-state index >= 15 is 0 Å². The topological polar surface area (TPSA) is 55.2 Å². The number of carbonyl (C=O) groups is 1. The zero-order valence-electron chi connectivity index (χ0n) is 17.2. The summed E-state index contributed by atoms with van der Waals surface area (Å²) in [6, 6.07) is 5.46. The SMILES string of the molecule is CCCc1c(C(=O)N(Cc2ccncc2)C(C)CC)c(=O)cc(C)n1CC. The van der Waals surface area contributed by atoms with Gasteiger partial charge in [0.2, 0.25) is 0 Å². The first-order valence-corrected chi connectivity index (χ1v) is 9.87. The molecule has 0 aliphatic heterocycles. The predicted octanol–water partition coefficient (Wildman–Crippen LogP) is 3.97. The number of hydrogen-bond acceptors (Lipinski definition) is 3. The minimum Gasteiger partial charge on any atom is -0.348 e. The molecular weight excluding hydrogens is 338 g/mol. The lowest BCUT2D eigenvalue weighted by atomic mass is 10.0. The van der Waals surface area contributed by atoms with Gasteiger partial charge in [0.15, 0.2) is 5.43 Å². The lowest BCUT2D eigenvalue weighted by Crippen LogP contribution is -2.41. The maximum atomic E-state index is 13.5. The average Bonchev–Trinajstić information content (AvgIpc) is 2.66. The van der Waals surface area contributed by atoms with E-state index in [1.807, 2.05) is 37.8 Å². The quantitative estimate of drug-likeness (QED) is 0.707. The van der Waals surface area contributed by atoms with Gasteiger partial charge in [-0.05, 0) is 51.3 Å². The molecule has 2 heterocycles. The number of nitrogens with zero attached hydrogens (tertiary/aromatic N) is 3. The molecule has 146 valence electrons. The third-order valence-corrected chi connectivity index (χ3v) is 5.13. The molecule has 27 heavy (non-hydrogen) atoms. The molecule has 0 N–H and O–H groups in total. The van der Waals surface area contributed by atoms with Gasteiger partial charge in [0, 0.05) is 49.0 Å². The molecule has 0 aromatic carbocycles. The predicted molar refractivity (Wildman–Crippen MR) is 109 cm³/mol. The first kappa shape index (κ1) is 20.9. The second-order valence-corrected chi connectivity index (χ2v) is 7.01. The van der Waals surface area contributed by atoms with E-state index in [1.54, 1.807) is 18.5 Å². The normalized spacial score (nSPS) is 12.0. The maximum absolute atomic E-state index is 13.5. The Morgan fingerprint density at radius 1 is 1.22 bits per heavy atom. The fraction of sp³-hybridized carbons (Fsp3) is 0.500. The van der Waals surface area contributed by atoms with E-state index in [0.717, 1.165) is 42.8 Å². The third-order valence-electron chi connectivity index (χ3n) is 5.13. The summed E-state index contributed by atoms with van der Waals surface area (Å²) < 4.78 is 2.10. The molecule has 1 unspecified atom stereocenters. The lowest BCUT2D eigenvalue weighted by molar-refractivity contribution is 0.0667. The summed E-state index contributed by atoms with van der Waals surface area (Å²) in [6.07, 6.45) is 5.89. The van der Waals surface area contributed by atoms with Crippen LogP contribution < -0.4 is 5.43 Å². The molecular formula is C22H31N3O2. The summed E-state index contributed by atoms with van der Waals surface area (Å²) in [4.78, 5) is 32.3. The highest BCUT2D eigenvalue weighted by Crippen LogP contribution is 2.18. The first-order valence-electron chi connectivity index (χ1n) is 9.87. The molecule has 2 aromatic rings. The van der Waals surface area contributed by atoms with E-state index in [1.165, 1.54) is 0 Å². The van der Waals surface area contributed by atoms with Crippen molar-refractivity contribution in [3.63, 3.8) is 0 Å². The molecule has 0 spiro atoms. The largest absolute Gasteiger partial charge is 0.348 e. The highest BCUT2D eigenvalue weighted by Gasteiger charge is 2.27. The summed E-state index contributed by atoms with van der Waals surface area (Å²) in [7, 11) is 0. The Hall–Kier alpha value is -2.43. The third kappa shape index (κ3) is 4.65. The summed E-state index contributed by atoms with van der Waals surface area (Å²) >= 11 is 0. The number of amides is 1. The molecule has 0 aliphatic carbocycles. The zero-order valence-corrected chi connectivity index (χ0v) is 17.2. The fourth-order valence-electron chi connectivity index (χ4n) is 3.47. The van der Waals surface area contributed by atoms with Crippen LogP contribution in [-0.2, 0) is 19.5 Å². The van der Waals surface area contributed by atoms with Crippen LogP contribution >= 0.6 is 0 Å². The van der Waals surface area contributed by atoms with Gasteiger partial charge >= 0.3 is 0 Å². The first-order chi connectivity index (χ1) is 12.9. The van der Waals surface area contributed by atoms with Crippen molar-refractivity contribution < 1.29 is 4.79 Å². The number of hydrogen-bond donors (Lipinski definition) is 0. The monoisotopic (exact) mass is 369 g/mol. The smallest absolute Gasteiger partial charge is 0.260 e. The Balaban J connectivity index is 2.55. The zero-order chi connectivity index (χ0) is 20.0. The number of pyridine rings is 2. The van der Waals surface area contributed by atoms with Crippen molar-refractivity contribution >= 4 is 5.91 Å². The van der Waals surface area contributed by atoms with Gasteiger partial charge in [-0.3, -0.25) is 14.6 Å². The molecule has 0 aliphatic rings. The van der Waals surface area contributed by atoms with Crippen LogP contribution in [0.2, 0.25) is 0 Å². The van der Waals surface area contributed by atoms with E-state index in [4.69, 9.17) is 0 Å². The Morgan fingerprint density at radius 3 is 2.44 bits per heavy atom. The van der Waals surface area contributed by atoms with Crippen molar-refractivity contribution in [2.45, 2.75) is 73.0 Å². The number of aryl methyl sites for hydroxylation is 1. The van der Waals surface area contributed by atoms with Crippen molar-refractivity contribution in [2.75, 3.05) is 0 Å². The molecule has 2 rings (SSSR count). The van der Waals surface area contributed by atoms with Crippen molar-refractivity contribution in [1.82, 2.24) is 14.5 Å². The van der Waals surface area contributed by atoms with Gasteiger partial charge in [-0.15, -0.1) is 0 Å². The van der Waals surface area contributed by atoms with Gasteiger partial charge in [0.05, 0.1) is 0 Å². The van der Waals surface area contributed by atoms with Gasteiger partial charge in [-0.1, -0.05) is 20.3 Å². The van der Waals surface area contributed by atoms with Crippen molar-refractivity contribution in [1.29, 1.82) is 0 Å². The molecule has 5 heteroatoms. The van der Waals surface area contributed by atoms with Crippen molar-refractivity contribution in [2.24, 2.45) is 0 Å². The molecule has 0 fully saturated rings. The minimum atomic E-state index is -0.173. The van der Waals surface area contributed by atoms with Crippen LogP contribution in [0.1, 0.15) is 67.8 Å². The van der Waals surface area contributed by atoms with Crippen LogP contribution in [-0.4, -0.2) is 26.4 Å². The van der Waals surface area contributed by atoms with E-state index in [2.05, 4.69) is 23.4 Å². The number of carbonyl (C=O) groups excluding carboxylic acids is 1. The Morgan fingerprint density at radius 2 is 1.89 bits per heavy atom. The number of aromatic nitrogens is 2. The summed E-state index contributed by atoms with van der Waals surface area (Å²) in [6.45, 7) is 11.4. The molecule has 0 radical (unpaired) electrons. The molecule has 0 saturated heterocycles. The highest BCUT2D eigenvalue weighted by molar-refractivity contribution is 5.95. The summed E-state index contributed by atoms with van der Waals surface area (Å²) in [5, 5.41) is 0. The van der Waals surface area contributed by atoms with Gasteiger partial charge in [-0.25, -0.2) is 0 Å². The second kappa shape index (κ2) is 9.49. The van der Waals surface area contributed by atoms with Crippen LogP contribution in [0, 0.1) is 6.92 Å². The molecule has 1 amide bonds. The Bertz CT molecular complexity index is 827. The van der Waals surface area contributed by atoms with Gasteiger partial charge in [0.1, 0.15) is 5.56 Å². The van der Waals surface area contributed by atoms with E-state index < -0.39 is 0 Å². The molecule has 0 saturated carbocycles. The molecule has 2 aromatic heterocycles. The minimum absolute atomic E-state index is 0.0379. The van der Waals surface area contributed by atoms with E-state index in [-0.39, 0.29) is 17.4 Å². The lowest BCUT2D eigenvalue weighted by Gasteiger charge is -2.30. The maximum Gasteiger partial charge on any atom is 0.260 e. The molecule has 0 bridgehead atoms. The summed E-state index contributed by atoms with van der Waals surface area (Å²) in [5.74, 6) is -0.170. The van der Waals surface area contributed by atoms with Crippen LogP contribution in [0.25, 0.3) is 0 Å². The van der Waals surface area contributed by atoms with Crippen LogP contribution in [0.15, 0.2) is 35.4 Å². The van der Waals surface area contributed by atoms with Gasteiger partial charge in [-0.2, -0.15) is 0 Å². The van der Waals surface area contributed by atoms with Crippen molar-refractivity contribution in [3.8, 4) is 0 Å². The number of rotatable bonds is 8. The molecule has 1 atom stereocenters. The van der Waals surface area contributed by atoms with Gasteiger partial charge < -0.3 is 9.47 Å². The fourth-order valence-corrected chi connectivity index (χ4v) is 3.47. The average molecular weight is 370 g/mol. The highest BCUT2D eigenvalue weighted by atomic mass is 16.2.